The average molecular weight is 1890 g/mol. The van der Waals surface area contributed by atoms with E-state index in [2.05, 4.69) is 82.0 Å². The van der Waals surface area contributed by atoms with Crippen molar-refractivity contribution in [3.8, 4) is 0 Å². The molecule has 0 radical (unpaired) electrons. The van der Waals surface area contributed by atoms with Crippen molar-refractivity contribution in [3.63, 3.8) is 0 Å². The molecule has 18 aliphatic rings. The molecule has 26 heteroatoms. The SMILES string of the molecule is C.[3H]c1ccc2c(c1)C(C(=O)N1CCC3(CC(=C)NC3=O)C1)CCC2.[3H]c1ccc2c(c1)CCCC2C(=O)N1CCC2(C1)NC(=C)NC2=O.[3H]c1ccc2c(c1)CCCC2C(=O)N1CCC2(CC(=C)NC2=O)C1.[3H]c1cccc2c1C(C(=O)N1CCC3(CC(=C)NC3=O)C1)CCC2.[3H]c1cccc2c1CCCC2C(=O)N1CCC2(C1)NC(=C)NC2=O.[3H]c1cccc2c1CCCC2C(=O)N1CCC2(CC(=C)NC2=O)C1. The molecule has 12 aliphatic heterocycles. The van der Waals surface area contributed by atoms with Gasteiger partial charge in [-0.2, -0.15) is 0 Å². The van der Waals surface area contributed by atoms with Crippen LogP contribution in [-0.4, -0.2) is 190 Å². The molecular weight excluding hydrogens is 1750 g/mol. The van der Waals surface area contributed by atoms with Gasteiger partial charge in [-0.25, -0.2) is 0 Å². The van der Waals surface area contributed by atoms with E-state index in [1.807, 2.05) is 92.4 Å². The minimum atomic E-state index is -0.721. The van der Waals surface area contributed by atoms with E-state index in [0.29, 0.717) is 184 Å². The van der Waals surface area contributed by atoms with Crippen LogP contribution in [0.2, 0.25) is 0 Å². The summed E-state index contributed by atoms with van der Waals surface area (Å²) in [7, 11) is 0. The van der Waals surface area contributed by atoms with Crippen molar-refractivity contribution in [2.75, 3.05) is 78.5 Å². The van der Waals surface area contributed by atoms with E-state index >= 15 is 0 Å². The number of hydrogen-bond acceptors (Lipinski definition) is 14. The van der Waals surface area contributed by atoms with Crippen LogP contribution in [0.4, 0.5) is 0 Å². The first kappa shape index (κ1) is 88.7. The summed E-state index contributed by atoms with van der Waals surface area (Å²) in [4.78, 5) is 163. The minimum Gasteiger partial charge on any atom is -0.356 e. The zero-order valence-corrected chi connectivity index (χ0v) is 79.0. The number of rotatable bonds is 6. The second kappa shape index (κ2) is 39.4. The molecule has 8 N–H and O–H groups in total. The molecule has 26 nitrogen and oxygen atoms in total. The summed E-state index contributed by atoms with van der Waals surface area (Å²) in [5.41, 5.74) is 12.4. The van der Waals surface area contributed by atoms with Crippen LogP contribution in [-0.2, 0) is 96.1 Å². The summed E-state index contributed by atoms with van der Waals surface area (Å²) in [6.45, 7) is 29.4. The van der Waals surface area contributed by atoms with E-state index in [1.54, 1.807) is 46.2 Å². The van der Waals surface area contributed by atoms with Crippen LogP contribution in [0.15, 0.2) is 219 Å². The standard InChI is InChI=1S/4C19H22N2O2.2C18H21N3O2.CH4/c4*1-13-11-19(18(23)20-13)9-10-21(12-19)17(22)16-8-4-6-14-5-2-3-7-15(14)16;2*1-12-19-17(23)18(20-12)9-10-21(11-18)16(22)15-8-4-6-13-5-2-3-7-14(13)15;/h4*2-3,5,7,16H,1,4,6,8-12H2,(H,20,23);2*2-3,5,7,15,20H,1,4,6,8-11H2,(H,19,23);1H4/i7T;5T;3T;2T;5T;2T;. The lowest BCUT2D eigenvalue weighted by Crippen LogP contribution is -2.49. The summed E-state index contributed by atoms with van der Waals surface area (Å²) in [6.07, 6.45) is 22.8. The lowest BCUT2D eigenvalue weighted by atomic mass is 9.82. The highest BCUT2D eigenvalue weighted by molar-refractivity contribution is 5.97. The minimum absolute atomic E-state index is 0. The highest BCUT2D eigenvalue weighted by Crippen LogP contribution is 2.49. The quantitative estimate of drug-likeness (QED) is 0.0769. The molecule has 12 heterocycles. The van der Waals surface area contributed by atoms with Gasteiger partial charge in [-0.05, 0) is 221 Å². The number of carbonyl (C=O) groups excluding carboxylic acids is 12. The predicted octanol–water partition coefficient (Wildman–Crippen LogP) is 12.6. The fourth-order valence-electron chi connectivity index (χ4n) is 25.6. The van der Waals surface area contributed by atoms with Crippen molar-refractivity contribution >= 4 is 70.9 Å². The molecule has 12 amide bonds. The van der Waals surface area contributed by atoms with E-state index in [9.17, 15) is 57.5 Å². The van der Waals surface area contributed by atoms with Crippen LogP contribution in [0.3, 0.4) is 0 Å². The van der Waals surface area contributed by atoms with Crippen LogP contribution in [0.5, 0.6) is 0 Å². The molecule has 6 aromatic rings. The molecule has 12 saturated heterocycles. The first-order chi connectivity index (χ1) is 68.9. The molecule has 139 heavy (non-hydrogen) atoms. The van der Waals surface area contributed by atoms with Gasteiger partial charge in [-0.15, -0.1) is 0 Å². The molecular formula is C113H134N14O12. The number of likely N-dealkylation sites (tertiary alicyclic amines) is 6. The maximum absolute atomic E-state index is 13.1. The highest BCUT2D eigenvalue weighted by atomic mass is 16.2. The zero-order chi connectivity index (χ0) is 101. The van der Waals surface area contributed by atoms with Crippen LogP contribution >= 0.6 is 0 Å². The smallest absolute Gasteiger partial charge is 0.253 e. The Morgan fingerprint density at radius 3 is 0.856 bits per heavy atom. The Balaban J connectivity index is 0.000000114. The summed E-state index contributed by atoms with van der Waals surface area (Å²) in [5, 5.41) is 22.9. The first-order valence-corrected chi connectivity index (χ1v) is 49.8. The van der Waals surface area contributed by atoms with Crippen molar-refractivity contribution in [3.05, 3.63) is 286 Å². The molecule has 24 rings (SSSR count). The van der Waals surface area contributed by atoms with Gasteiger partial charge >= 0.3 is 0 Å². The first-order valence-electron chi connectivity index (χ1n) is 52.8. The second-order valence-corrected chi connectivity index (χ2v) is 41.8. The number of allylic oxidation sites excluding steroid dienone is 4. The third-order valence-corrected chi connectivity index (χ3v) is 32.8. The topological polar surface area (TPSA) is 321 Å². The van der Waals surface area contributed by atoms with Crippen LogP contribution in [0, 0.1) is 21.7 Å². The van der Waals surface area contributed by atoms with Gasteiger partial charge in [-0.1, -0.05) is 192 Å². The maximum Gasteiger partial charge on any atom is 0.253 e. The fraction of sp³-hybridized carbons (Fsp3) is 0.469. The predicted molar refractivity (Wildman–Crippen MR) is 530 cm³/mol. The Labute approximate surface area is 824 Å². The molecule has 6 aromatic carbocycles. The third kappa shape index (κ3) is 18.8. The molecule has 728 valence electrons. The Kier molecular flexibility index (Phi) is 25.1. The summed E-state index contributed by atoms with van der Waals surface area (Å²) in [5.74, 6) is 0.469. The molecule has 12 fully saturated rings. The van der Waals surface area contributed by atoms with E-state index in [1.165, 1.54) is 5.56 Å². The second-order valence-electron chi connectivity index (χ2n) is 41.8. The number of aryl methyl sites for hydroxylation is 4. The third-order valence-electron chi connectivity index (χ3n) is 32.8. The Hall–Kier alpha value is -13.0. The van der Waals surface area contributed by atoms with Gasteiger partial charge in [0.2, 0.25) is 59.1 Å². The number of benzene rings is 6. The van der Waals surface area contributed by atoms with Gasteiger partial charge in [0.15, 0.2) is 0 Å². The largest absolute Gasteiger partial charge is 0.356 e. The van der Waals surface area contributed by atoms with Gasteiger partial charge in [-0.3, -0.25) is 57.5 Å². The summed E-state index contributed by atoms with van der Waals surface area (Å²) in [6, 6.07) is 36.7. The molecule has 6 spiro atoms. The van der Waals surface area contributed by atoms with Crippen LogP contribution in [0.25, 0.3) is 0 Å². The number of fused-ring (bicyclic) bond motifs is 6. The zero-order valence-electron chi connectivity index (χ0n) is 85.0. The number of nitrogens with zero attached hydrogens (tertiary/aromatic N) is 6. The Morgan fingerprint density at radius 2 is 0.532 bits per heavy atom. The summed E-state index contributed by atoms with van der Waals surface area (Å²) >= 11 is 0. The van der Waals surface area contributed by atoms with Crippen molar-refractivity contribution in [2.45, 2.75) is 234 Å². The fourth-order valence-corrected chi connectivity index (χ4v) is 25.6. The number of amides is 12. The van der Waals surface area contributed by atoms with E-state index < -0.39 is 32.7 Å². The molecule has 0 aromatic heterocycles. The molecule has 12 atom stereocenters. The van der Waals surface area contributed by atoms with E-state index in [-0.39, 0.29) is 114 Å². The number of nitrogens with one attached hydrogen (secondary N) is 8. The maximum atomic E-state index is 13.1. The monoisotopic (exact) mass is 1890 g/mol. The van der Waals surface area contributed by atoms with Crippen molar-refractivity contribution in [1.82, 2.24) is 71.9 Å². The molecule has 12 unspecified atom stereocenters. The van der Waals surface area contributed by atoms with Crippen molar-refractivity contribution in [1.29, 1.82) is 0 Å². The van der Waals surface area contributed by atoms with Crippen molar-refractivity contribution < 1.29 is 65.8 Å². The normalized spacial score (nSPS) is 30.0. The number of hydrogen-bond donors (Lipinski definition) is 8. The van der Waals surface area contributed by atoms with Gasteiger partial charge in [0, 0.05) is 114 Å². The number of carbonyl (C=O) groups is 12. The van der Waals surface area contributed by atoms with Gasteiger partial charge in [0.1, 0.15) is 11.1 Å². The highest BCUT2D eigenvalue weighted by Gasteiger charge is 2.58. The Morgan fingerprint density at radius 1 is 0.281 bits per heavy atom. The molecule has 0 bridgehead atoms. The van der Waals surface area contributed by atoms with Gasteiger partial charge < -0.3 is 71.9 Å². The van der Waals surface area contributed by atoms with Crippen molar-refractivity contribution in [2.24, 2.45) is 21.7 Å². The van der Waals surface area contributed by atoms with Crippen LogP contribution < -0.4 is 42.5 Å². The molecule has 0 saturated carbocycles. The van der Waals surface area contributed by atoms with E-state index in [0.717, 1.165) is 206 Å². The van der Waals surface area contributed by atoms with Crippen LogP contribution in [0.1, 0.15) is 259 Å². The molecule has 6 aliphatic carbocycles. The Bertz CT molecular complexity index is 6070. The lowest BCUT2D eigenvalue weighted by Gasteiger charge is -2.29. The average Bonchev–Trinajstić information content (AvgIpc) is 1.63. The van der Waals surface area contributed by atoms with Gasteiger partial charge in [0.05, 0.1) is 90.1 Å². The lowest BCUT2D eigenvalue weighted by molar-refractivity contribution is -0.134. The summed E-state index contributed by atoms with van der Waals surface area (Å²) < 4.78 is 47.8. The van der Waals surface area contributed by atoms with Gasteiger partial charge in [0.25, 0.3) is 11.8 Å². The van der Waals surface area contributed by atoms with E-state index in [4.69, 9.17) is 8.22 Å².